The summed E-state index contributed by atoms with van der Waals surface area (Å²) in [5.74, 6) is 1.37. The van der Waals surface area contributed by atoms with Crippen LogP contribution < -0.4 is 10.6 Å². The van der Waals surface area contributed by atoms with E-state index in [0.29, 0.717) is 5.95 Å². The van der Waals surface area contributed by atoms with E-state index in [1.807, 2.05) is 24.3 Å². The first-order valence-electron chi connectivity index (χ1n) is 5.23. The molecule has 0 atom stereocenters. The van der Waals surface area contributed by atoms with Crippen LogP contribution in [0, 0.1) is 6.92 Å². The monoisotopic (exact) mass is 292 g/mol. The van der Waals surface area contributed by atoms with E-state index in [1.54, 1.807) is 13.2 Å². The maximum atomic E-state index is 4.31. The molecule has 4 nitrogen and oxygen atoms in total. The van der Waals surface area contributed by atoms with Crippen LogP contribution in [-0.2, 0) is 0 Å². The van der Waals surface area contributed by atoms with Gasteiger partial charge >= 0.3 is 0 Å². The number of benzene rings is 1. The van der Waals surface area contributed by atoms with Gasteiger partial charge in [-0.25, -0.2) is 4.98 Å². The molecule has 0 amide bonds. The summed E-state index contributed by atoms with van der Waals surface area (Å²) in [5, 5.41) is 6.17. The van der Waals surface area contributed by atoms with E-state index in [-0.39, 0.29) is 0 Å². The van der Waals surface area contributed by atoms with Gasteiger partial charge in [0.2, 0.25) is 5.95 Å². The number of nitrogens with one attached hydrogen (secondary N) is 2. The molecule has 2 aromatic rings. The van der Waals surface area contributed by atoms with E-state index >= 15 is 0 Å². The summed E-state index contributed by atoms with van der Waals surface area (Å²) in [6, 6.07) is 7.92. The second kappa shape index (κ2) is 5.14. The van der Waals surface area contributed by atoms with Crippen molar-refractivity contribution in [2.24, 2.45) is 0 Å². The van der Waals surface area contributed by atoms with Crippen LogP contribution in [0.25, 0.3) is 0 Å². The summed E-state index contributed by atoms with van der Waals surface area (Å²) in [5.41, 5.74) is 2.19. The van der Waals surface area contributed by atoms with Crippen LogP contribution in [0.2, 0.25) is 0 Å². The summed E-state index contributed by atoms with van der Waals surface area (Å²) in [6.07, 6.45) is 1.72. The molecule has 0 aliphatic rings. The smallest absolute Gasteiger partial charge is 0.224 e. The molecule has 1 heterocycles. The van der Waals surface area contributed by atoms with Crippen LogP contribution >= 0.6 is 15.9 Å². The van der Waals surface area contributed by atoms with Crippen molar-refractivity contribution in [3.05, 3.63) is 40.5 Å². The number of hydrogen-bond acceptors (Lipinski definition) is 4. The van der Waals surface area contributed by atoms with Crippen LogP contribution in [-0.4, -0.2) is 17.0 Å². The molecule has 0 unspecified atom stereocenters. The molecule has 88 valence electrons. The predicted octanol–water partition coefficient (Wildman–Crippen LogP) is 3.33. The maximum Gasteiger partial charge on any atom is 0.224 e. The molecule has 0 aliphatic heterocycles. The lowest BCUT2D eigenvalue weighted by molar-refractivity contribution is 1.15. The average molecular weight is 293 g/mol. The van der Waals surface area contributed by atoms with Gasteiger partial charge in [-0.1, -0.05) is 22.0 Å². The Kier molecular flexibility index (Phi) is 3.58. The number of nitrogens with zero attached hydrogens (tertiary/aromatic N) is 2. The summed E-state index contributed by atoms with van der Waals surface area (Å²) in [4.78, 5) is 8.38. The minimum absolute atomic E-state index is 0.600. The number of anilines is 3. The average Bonchev–Trinajstić information content (AvgIpc) is 2.34. The topological polar surface area (TPSA) is 49.8 Å². The first-order chi connectivity index (χ1) is 8.19. The van der Waals surface area contributed by atoms with E-state index < -0.39 is 0 Å². The molecule has 2 N–H and O–H groups in total. The highest BCUT2D eigenvalue weighted by molar-refractivity contribution is 9.10. The Morgan fingerprint density at radius 1 is 1.24 bits per heavy atom. The van der Waals surface area contributed by atoms with E-state index in [0.717, 1.165) is 21.5 Å². The van der Waals surface area contributed by atoms with Gasteiger partial charge in [0.05, 0.1) is 0 Å². The normalized spacial score (nSPS) is 10.1. The van der Waals surface area contributed by atoms with Crippen molar-refractivity contribution in [3.63, 3.8) is 0 Å². The van der Waals surface area contributed by atoms with Crippen LogP contribution in [0.15, 0.2) is 34.9 Å². The molecule has 0 saturated carbocycles. The Balaban J connectivity index is 2.27. The van der Waals surface area contributed by atoms with Crippen LogP contribution in [0.5, 0.6) is 0 Å². The largest absolute Gasteiger partial charge is 0.357 e. The van der Waals surface area contributed by atoms with Crippen molar-refractivity contribution in [2.75, 3.05) is 17.7 Å². The second-order valence-corrected chi connectivity index (χ2v) is 4.52. The molecule has 0 saturated heterocycles. The highest BCUT2D eigenvalue weighted by Crippen LogP contribution is 2.23. The van der Waals surface area contributed by atoms with Crippen molar-refractivity contribution in [1.82, 2.24) is 9.97 Å². The fraction of sp³-hybridized carbons (Fsp3) is 0.167. The molecular formula is C12H13BrN4. The zero-order chi connectivity index (χ0) is 12.3. The molecular weight excluding hydrogens is 280 g/mol. The van der Waals surface area contributed by atoms with E-state index in [2.05, 4.69) is 43.5 Å². The van der Waals surface area contributed by atoms with Gasteiger partial charge in [0.25, 0.3) is 0 Å². The minimum Gasteiger partial charge on any atom is -0.357 e. The molecule has 0 spiro atoms. The van der Waals surface area contributed by atoms with Crippen molar-refractivity contribution in [3.8, 4) is 0 Å². The van der Waals surface area contributed by atoms with E-state index in [4.69, 9.17) is 0 Å². The fourth-order valence-corrected chi connectivity index (χ4v) is 1.78. The third-order valence-electron chi connectivity index (χ3n) is 2.34. The number of aromatic nitrogens is 2. The first kappa shape index (κ1) is 11.9. The summed E-state index contributed by atoms with van der Waals surface area (Å²) in [7, 11) is 1.80. The zero-order valence-electron chi connectivity index (χ0n) is 9.66. The molecule has 0 radical (unpaired) electrons. The molecule has 0 bridgehead atoms. The Labute approximate surface area is 109 Å². The SMILES string of the molecule is CNc1nccc(Nc2cc(Br)ccc2C)n1. The van der Waals surface area contributed by atoms with Crippen molar-refractivity contribution >= 4 is 33.4 Å². The quantitative estimate of drug-likeness (QED) is 0.911. The molecule has 2 rings (SSSR count). The van der Waals surface area contributed by atoms with E-state index in [1.165, 1.54) is 0 Å². The lowest BCUT2D eigenvalue weighted by Gasteiger charge is -2.09. The van der Waals surface area contributed by atoms with Crippen LogP contribution in [0.4, 0.5) is 17.5 Å². The van der Waals surface area contributed by atoms with Crippen LogP contribution in [0.3, 0.4) is 0 Å². The van der Waals surface area contributed by atoms with Gasteiger partial charge in [-0.15, -0.1) is 0 Å². The third kappa shape index (κ3) is 2.94. The predicted molar refractivity (Wildman–Crippen MR) is 73.7 cm³/mol. The number of hydrogen-bond donors (Lipinski definition) is 2. The molecule has 0 aliphatic carbocycles. The molecule has 1 aromatic carbocycles. The van der Waals surface area contributed by atoms with Gasteiger partial charge < -0.3 is 10.6 Å². The number of aryl methyl sites for hydroxylation is 1. The minimum atomic E-state index is 0.600. The molecule has 1 aromatic heterocycles. The van der Waals surface area contributed by atoms with Crippen molar-refractivity contribution < 1.29 is 0 Å². The van der Waals surface area contributed by atoms with Gasteiger partial charge in [0.1, 0.15) is 5.82 Å². The number of halogens is 1. The molecule has 5 heteroatoms. The maximum absolute atomic E-state index is 4.31. The Morgan fingerprint density at radius 3 is 2.82 bits per heavy atom. The Bertz CT molecular complexity index is 528. The second-order valence-electron chi connectivity index (χ2n) is 3.60. The van der Waals surface area contributed by atoms with Crippen LogP contribution in [0.1, 0.15) is 5.56 Å². The zero-order valence-corrected chi connectivity index (χ0v) is 11.2. The molecule has 17 heavy (non-hydrogen) atoms. The van der Waals surface area contributed by atoms with E-state index in [9.17, 15) is 0 Å². The fourth-order valence-electron chi connectivity index (χ4n) is 1.42. The number of rotatable bonds is 3. The van der Waals surface area contributed by atoms with Gasteiger partial charge in [-0.3, -0.25) is 0 Å². The highest BCUT2D eigenvalue weighted by atomic mass is 79.9. The van der Waals surface area contributed by atoms with Gasteiger partial charge in [-0.05, 0) is 30.7 Å². The van der Waals surface area contributed by atoms with Gasteiger partial charge in [0.15, 0.2) is 0 Å². The van der Waals surface area contributed by atoms with Crippen molar-refractivity contribution in [1.29, 1.82) is 0 Å². The summed E-state index contributed by atoms with van der Waals surface area (Å²) in [6.45, 7) is 2.05. The van der Waals surface area contributed by atoms with Gasteiger partial charge in [0, 0.05) is 23.4 Å². The van der Waals surface area contributed by atoms with Gasteiger partial charge in [-0.2, -0.15) is 4.98 Å². The summed E-state index contributed by atoms with van der Waals surface area (Å²) < 4.78 is 1.04. The Hall–Kier alpha value is -1.62. The molecule has 0 fully saturated rings. The first-order valence-corrected chi connectivity index (χ1v) is 6.02. The van der Waals surface area contributed by atoms with Crippen molar-refractivity contribution in [2.45, 2.75) is 6.92 Å². The Morgan fingerprint density at radius 2 is 2.06 bits per heavy atom. The standard InChI is InChI=1S/C12H13BrN4/c1-8-3-4-9(13)7-10(8)16-11-5-6-15-12(14-2)17-11/h3-7H,1-2H3,(H2,14,15,16,17). The summed E-state index contributed by atoms with van der Waals surface area (Å²) >= 11 is 3.45. The lowest BCUT2D eigenvalue weighted by Crippen LogP contribution is -2.00. The third-order valence-corrected chi connectivity index (χ3v) is 2.83. The highest BCUT2D eigenvalue weighted by Gasteiger charge is 2.02. The lowest BCUT2D eigenvalue weighted by atomic mass is 10.2.